The highest BCUT2D eigenvalue weighted by atomic mass is 16.6. The molecule has 1 aliphatic rings. The summed E-state index contributed by atoms with van der Waals surface area (Å²) < 4.78 is 5.06. The first-order chi connectivity index (χ1) is 11.6. The van der Waals surface area contributed by atoms with Crippen molar-refractivity contribution in [3.05, 3.63) is 11.9 Å². The van der Waals surface area contributed by atoms with Crippen molar-refractivity contribution >= 4 is 17.7 Å². The van der Waals surface area contributed by atoms with Gasteiger partial charge in [-0.2, -0.15) is 0 Å². The van der Waals surface area contributed by atoms with Crippen LogP contribution in [0.3, 0.4) is 0 Å². The topological polar surface area (TPSA) is 70.6 Å². The van der Waals surface area contributed by atoms with Crippen LogP contribution in [0.15, 0.2) is 6.07 Å². The van der Waals surface area contributed by atoms with E-state index in [9.17, 15) is 4.79 Å². The molecule has 0 unspecified atom stereocenters. The van der Waals surface area contributed by atoms with Crippen molar-refractivity contribution in [2.75, 3.05) is 49.5 Å². The maximum atomic E-state index is 11.8. The van der Waals surface area contributed by atoms with Gasteiger partial charge in [-0.15, -0.1) is 0 Å². The number of aromatic nitrogens is 2. The predicted octanol–water partition coefficient (Wildman–Crippen LogP) is 2.67. The Balaban J connectivity index is 1.92. The van der Waals surface area contributed by atoms with E-state index in [1.807, 2.05) is 19.9 Å². The first kappa shape index (κ1) is 18.3. The molecule has 1 amide bonds. The van der Waals surface area contributed by atoms with E-state index < -0.39 is 0 Å². The van der Waals surface area contributed by atoms with Gasteiger partial charge < -0.3 is 19.9 Å². The van der Waals surface area contributed by atoms with Crippen LogP contribution < -0.4 is 10.2 Å². The standard InChI is InChI=1S/C17H29N5O2/c1-4-6-7-8-18-15-13-16(20-14(3)19-15)21-9-11-22(12-10-21)17(23)24-5-2/h13H,4-12H2,1-3H3,(H,18,19,20). The summed E-state index contributed by atoms with van der Waals surface area (Å²) in [6, 6.07) is 2.00. The Morgan fingerprint density at radius 1 is 1.21 bits per heavy atom. The summed E-state index contributed by atoms with van der Waals surface area (Å²) in [5.41, 5.74) is 0. The number of hydrogen-bond acceptors (Lipinski definition) is 6. The minimum atomic E-state index is -0.228. The molecule has 1 aliphatic heterocycles. The largest absolute Gasteiger partial charge is 0.450 e. The Kier molecular flexibility index (Phi) is 7.08. The van der Waals surface area contributed by atoms with Crippen LogP contribution in [-0.4, -0.2) is 60.3 Å². The lowest BCUT2D eigenvalue weighted by atomic mass is 10.2. The van der Waals surface area contributed by atoms with Crippen molar-refractivity contribution in [3.63, 3.8) is 0 Å². The zero-order chi connectivity index (χ0) is 17.4. The lowest BCUT2D eigenvalue weighted by Crippen LogP contribution is -2.49. The molecule has 1 saturated heterocycles. The Hall–Kier alpha value is -2.05. The first-order valence-corrected chi connectivity index (χ1v) is 8.90. The zero-order valence-electron chi connectivity index (χ0n) is 15.0. The zero-order valence-corrected chi connectivity index (χ0v) is 15.0. The summed E-state index contributed by atoms with van der Waals surface area (Å²) in [5.74, 6) is 2.56. The van der Waals surface area contributed by atoms with E-state index in [4.69, 9.17) is 4.74 Å². The molecule has 0 saturated carbocycles. The number of amides is 1. The molecule has 1 aromatic heterocycles. The number of hydrogen-bond donors (Lipinski definition) is 1. The minimum absolute atomic E-state index is 0.228. The maximum Gasteiger partial charge on any atom is 0.409 e. The average molecular weight is 335 g/mol. The van der Waals surface area contributed by atoms with Crippen LogP contribution in [0.4, 0.5) is 16.4 Å². The number of unbranched alkanes of at least 4 members (excludes halogenated alkanes) is 2. The second-order valence-corrected chi connectivity index (χ2v) is 5.97. The van der Waals surface area contributed by atoms with Crippen LogP contribution in [0.1, 0.15) is 38.9 Å². The van der Waals surface area contributed by atoms with Crippen LogP contribution in [0.2, 0.25) is 0 Å². The minimum Gasteiger partial charge on any atom is -0.450 e. The molecule has 7 heteroatoms. The van der Waals surface area contributed by atoms with Gasteiger partial charge >= 0.3 is 6.09 Å². The number of piperazine rings is 1. The Morgan fingerprint density at radius 3 is 2.62 bits per heavy atom. The van der Waals surface area contributed by atoms with Gasteiger partial charge in [0.05, 0.1) is 6.61 Å². The van der Waals surface area contributed by atoms with Gasteiger partial charge in [-0.05, 0) is 20.3 Å². The summed E-state index contributed by atoms with van der Waals surface area (Å²) >= 11 is 0. The summed E-state index contributed by atoms with van der Waals surface area (Å²) in [4.78, 5) is 24.7. The van der Waals surface area contributed by atoms with E-state index in [2.05, 4.69) is 27.1 Å². The van der Waals surface area contributed by atoms with Crippen LogP contribution in [0.25, 0.3) is 0 Å². The molecule has 0 aromatic carbocycles. The smallest absolute Gasteiger partial charge is 0.409 e. The number of carbonyl (C=O) groups is 1. The van der Waals surface area contributed by atoms with Crippen molar-refractivity contribution < 1.29 is 9.53 Å². The predicted molar refractivity (Wildman–Crippen MR) is 95.6 cm³/mol. The van der Waals surface area contributed by atoms with E-state index >= 15 is 0 Å². The first-order valence-electron chi connectivity index (χ1n) is 8.90. The normalized spacial score (nSPS) is 14.6. The number of nitrogens with zero attached hydrogens (tertiary/aromatic N) is 4. The Labute approximate surface area is 144 Å². The van der Waals surface area contributed by atoms with Crippen molar-refractivity contribution in [1.82, 2.24) is 14.9 Å². The number of anilines is 2. The molecule has 2 rings (SSSR count). The fraction of sp³-hybridized carbons (Fsp3) is 0.706. The fourth-order valence-corrected chi connectivity index (χ4v) is 2.73. The molecule has 2 heterocycles. The van der Waals surface area contributed by atoms with Crippen molar-refractivity contribution in [2.45, 2.75) is 40.0 Å². The van der Waals surface area contributed by atoms with Crippen molar-refractivity contribution in [1.29, 1.82) is 0 Å². The van der Waals surface area contributed by atoms with E-state index in [1.54, 1.807) is 4.90 Å². The fourth-order valence-electron chi connectivity index (χ4n) is 2.73. The Morgan fingerprint density at radius 2 is 1.96 bits per heavy atom. The van der Waals surface area contributed by atoms with Crippen molar-refractivity contribution in [3.8, 4) is 0 Å². The van der Waals surface area contributed by atoms with Crippen LogP contribution in [0, 0.1) is 6.92 Å². The third kappa shape index (κ3) is 5.25. The maximum absolute atomic E-state index is 11.8. The van der Waals surface area contributed by atoms with Crippen LogP contribution in [0.5, 0.6) is 0 Å². The van der Waals surface area contributed by atoms with E-state index in [-0.39, 0.29) is 6.09 Å². The van der Waals surface area contributed by atoms with Gasteiger partial charge in [-0.3, -0.25) is 0 Å². The molecule has 0 atom stereocenters. The number of rotatable bonds is 7. The number of carbonyl (C=O) groups excluding carboxylic acids is 1. The molecule has 1 aromatic rings. The molecule has 134 valence electrons. The average Bonchev–Trinajstić information content (AvgIpc) is 2.59. The molecule has 24 heavy (non-hydrogen) atoms. The SMILES string of the molecule is CCCCCNc1cc(N2CCN(C(=O)OCC)CC2)nc(C)n1. The third-order valence-corrected chi connectivity index (χ3v) is 4.04. The third-order valence-electron chi connectivity index (χ3n) is 4.04. The van der Waals surface area contributed by atoms with Gasteiger partial charge in [-0.1, -0.05) is 19.8 Å². The van der Waals surface area contributed by atoms with E-state index in [0.29, 0.717) is 19.7 Å². The molecule has 7 nitrogen and oxygen atoms in total. The highest BCUT2D eigenvalue weighted by molar-refractivity contribution is 5.68. The summed E-state index contributed by atoms with van der Waals surface area (Å²) in [7, 11) is 0. The van der Waals surface area contributed by atoms with Gasteiger partial charge in [0.25, 0.3) is 0 Å². The number of aryl methyl sites for hydroxylation is 1. The Bertz CT molecular complexity index is 530. The highest BCUT2D eigenvalue weighted by Gasteiger charge is 2.23. The molecule has 0 spiro atoms. The molecule has 1 fully saturated rings. The summed E-state index contributed by atoms with van der Waals surface area (Å²) in [6.45, 7) is 10.1. The van der Waals surface area contributed by atoms with Crippen LogP contribution >= 0.6 is 0 Å². The number of ether oxygens (including phenoxy) is 1. The van der Waals surface area contributed by atoms with Gasteiger partial charge in [0.2, 0.25) is 0 Å². The van der Waals surface area contributed by atoms with Gasteiger partial charge in [0.15, 0.2) is 0 Å². The second kappa shape index (κ2) is 9.30. The summed E-state index contributed by atoms with van der Waals surface area (Å²) in [5, 5.41) is 3.38. The summed E-state index contributed by atoms with van der Waals surface area (Å²) in [6.07, 6.45) is 3.35. The highest BCUT2D eigenvalue weighted by Crippen LogP contribution is 2.18. The quantitative estimate of drug-likeness (QED) is 0.773. The van der Waals surface area contributed by atoms with E-state index in [1.165, 1.54) is 12.8 Å². The lowest BCUT2D eigenvalue weighted by molar-refractivity contribution is 0.105. The monoisotopic (exact) mass is 335 g/mol. The molecule has 0 aliphatic carbocycles. The number of nitrogens with one attached hydrogen (secondary N) is 1. The van der Waals surface area contributed by atoms with Crippen LogP contribution in [-0.2, 0) is 4.74 Å². The van der Waals surface area contributed by atoms with Gasteiger partial charge in [-0.25, -0.2) is 14.8 Å². The van der Waals surface area contributed by atoms with Gasteiger partial charge in [0, 0.05) is 38.8 Å². The second-order valence-electron chi connectivity index (χ2n) is 5.97. The molecular weight excluding hydrogens is 306 g/mol. The molecule has 0 radical (unpaired) electrons. The lowest BCUT2D eigenvalue weighted by Gasteiger charge is -2.34. The molecule has 0 bridgehead atoms. The molecule has 1 N–H and O–H groups in total. The van der Waals surface area contributed by atoms with Gasteiger partial charge in [0.1, 0.15) is 17.5 Å². The molecular formula is C17H29N5O2. The van der Waals surface area contributed by atoms with Crippen molar-refractivity contribution in [2.24, 2.45) is 0 Å². The van der Waals surface area contributed by atoms with E-state index in [0.717, 1.165) is 43.5 Å².